The van der Waals surface area contributed by atoms with E-state index in [-0.39, 0.29) is 5.92 Å². The molecule has 0 aliphatic rings. The van der Waals surface area contributed by atoms with Crippen LogP contribution in [0.1, 0.15) is 24.8 Å². The van der Waals surface area contributed by atoms with Gasteiger partial charge in [-0.15, -0.1) is 11.3 Å². The molecule has 17 heavy (non-hydrogen) atoms. The van der Waals surface area contributed by atoms with Gasteiger partial charge in [-0.2, -0.15) is 0 Å². The first-order valence-electron chi connectivity index (χ1n) is 5.28. The third-order valence-corrected chi connectivity index (χ3v) is 4.63. The molecule has 0 fully saturated rings. The quantitative estimate of drug-likeness (QED) is 0.935. The molecule has 0 saturated heterocycles. The number of thiazole rings is 1. The number of halogens is 1. The molecule has 5 heteroatoms. The lowest BCUT2D eigenvalue weighted by atomic mass is 9.97. The first-order chi connectivity index (χ1) is 7.99. The van der Waals surface area contributed by atoms with Crippen LogP contribution < -0.4 is 0 Å². The molecule has 90 valence electrons. The highest BCUT2D eigenvalue weighted by Gasteiger charge is 2.23. The Morgan fingerprint density at radius 2 is 2.18 bits per heavy atom. The van der Waals surface area contributed by atoms with E-state index in [0.717, 1.165) is 19.7 Å². The van der Waals surface area contributed by atoms with E-state index in [2.05, 4.69) is 20.9 Å². The summed E-state index contributed by atoms with van der Waals surface area (Å²) in [7, 11) is 0. The molecule has 0 saturated carbocycles. The SMILES string of the molecule is CC(C(=O)O)C(C)c1nc2cc(Br)ccc2s1. The number of carbonyl (C=O) groups is 1. The van der Waals surface area contributed by atoms with Crippen LogP contribution in [0.15, 0.2) is 22.7 Å². The van der Waals surface area contributed by atoms with Crippen molar-refractivity contribution in [2.45, 2.75) is 19.8 Å². The molecule has 0 radical (unpaired) electrons. The van der Waals surface area contributed by atoms with Crippen molar-refractivity contribution >= 4 is 43.5 Å². The number of fused-ring (bicyclic) bond motifs is 1. The van der Waals surface area contributed by atoms with E-state index in [0.29, 0.717) is 0 Å². The normalized spacial score (nSPS) is 14.8. The fourth-order valence-electron chi connectivity index (χ4n) is 1.54. The Labute approximate surface area is 112 Å². The highest BCUT2D eigenvalue weighted by Crippen LogP contribution is 2.32. The average Bonchev–Trinajstić information content (AvgIpc) is 2.69. The number of aromatic nitrogens is 1. The van der Waals surface area contributed by atoms with E-state index in [4.69, 9.17) is 5.11 Å². The summed E-state index contributed by atoms with van der Waals surface area (Å²) in [6.45, 7) is 3.63. The maximum absolute atomic E-state index is 11.0. The molecular formula is C12H12BrNO2S. The predicted molar refractivity (Wildman–Crippen MR) is 72.5 cm³/mol. The monoisotopic (exact) mass is 313 g/mol. The summed E-state index contributed by atoms with van der Waals surface area (Å²) >= 11 is 4.97. The zero-order chi connectivity index (χ0) is 12.6. The molecule has 0 aliphatic heterocycles. The van der Waals surface area contributed by atoms with Gasteiger partial charge >= 0.3 is 5.97 Å². The minimum Gasteiger partial charge on any atom is -0.481 e. The predicted octanol–water partition coefficient (Wildman–Crippen LogP) is 3.88. The Morgan fingerprint density at radius 3 is 2.82 bits per heavy atom. The van der Waals surface area contributed by atoms with Crippen molar-refractivity contribution in [3.8, 4) is 0 Å². The topological polar surface area (TPSA) is 50.2 Å². The van der Waals surface area contributed by atoms with Crippen molar-refractivity contribution in [2.24, 2.45) is 5.92 Å². The van der Waals surface area contributed by atoms with Gasteiger partial charge in [0.1, 0.15) is 0 Å². The van der Waals surface area contributed by atoms with Gasteiger partial charge in [-0.3, -0.25) is 4.79 Å². The number of hydrogen-bond acceptors (Lipinski definition) is 3. The van der Waals surface area contributed by atoms with Crippen molar-refractivity contribution in [3.05, 3.63) is 27.7 Å². The number of rotatable bonds is 3. The van der Waals surface area contributed by atoms with Crippen LogP contribution in [0.4, 0.5) is 0 Å². The van der Waals surface area contributed by atoms with Crippen molar-refractivity contribution in [2.75, 3.05) is 0 Å². The Hall–Kier alpha value is -0.940. The van der Waals surface area contributed by atoms with Crippen molar-refractivity contribution < 1.29 is 9.90 Å². The fraction of sp³-hybridized carbons (Fsp3) is 0.333. The summed E-state index contributed by atoms with van der Waals surface area (Å²) in [4.78, 5) is 15.5. The molecule has 2 unspecified atom stereocenters. The molecule has 1 aromatic heterocycles. The van der Waals surface area contributed by atoms with Gasteiger partial charge in [0.2, 0.25) is 0 Å². The third-order valence-electron chi connectivity index (χ3n) is 2.90. The highest BCUT2D eigenvalue weighted by molar-refractivity contribution is 9.10. The Bertz CT molecular complexity index is 567. The van der Waals surface area contributed by atoms with Crippen molar-refractivity contribution in [1.29, 1.82) is 0 Å². The molecule has 2 rings (SSSR count). The van der Waals surface area contributed by atoms with Gasteiger partial charge in [0.25, 0.3) is 0 Å². The average molecular weight is 314 g/mol. The van der Waals surface area contributed by atoms with Crippen LogP contribution in [-0.4, -0.2) is 16.1 Å². The Balaban J connectivity index is 2.39. The van der Waals surface area contributed by atoms with Gasteiger partial charge in [-0.05, 0) is 18.2 Å². The van der Waals surface area contributed by atoms with E-state index in [1.54, 1.807) is 18.3 Å². The number of carboxylic acid groups (broad SMARTS) is 1. The Kier molecular flexibility index (Phi) is 3.49. The van der Waals surface area contributed by atoms with Crippen LogP contribution in [0.25, 0.3) is 10.2 Å². The first kappa shape index (κ1) is 12.5. The number of carboxylic acids is 1. The second-order valence-electron chi connectivity index (χ2n) is 4.08. The van der Waals surface area contributed by atoms with Crippen molar-refractivity contribution in [3.63, 3.8) is 0 Å². The maximum atomic E-state index is 11.0. The minimum absolute atomic E-state index is 0.0660. The fourth-order valence-corrected chi connectivity index (χ4v) is 2.99. The summed E-state index contributed by atoms with van der Waals surface area (Å²) in [5, 5.41) is 9.88. The number of nitrogens with zero attached hydrogens (tertiary/aromatic N) is 1. The molecule has 3 nitrogen and oxygen atoms in total. The van der Waals surface area contributed by atoms with Crippen LogP contribution >= 0.6 is 27.3 Å². The lowest BCUT2D eigenvalue weighted by molar-refractivity contribution is -0.141. The lowest BCUT2D eigenvalue weighted by Crippen LogP contribution is -2.16. The number of aliphatic carboxylic acids is 1. The van der Waals surface area contributed by atoms with Gasteiger partial charge in [-0.1, -0.05) is 29.8 Å². The van der Waals surface area contributed by atoms with Crippen LogP contribution in [0, 0.1) is 5.92 Å². The summed E-state index contributed by atoms with van der Waals surface area (Å²) in [6, 6.07) is 5.92. The number of hydrogen-bond donors (Lipinski definition) is 1. The van der Waals surface area contributed by atoms with Crippen molar-refractivity contribution in [1.82, 2.24) is 4.98 Å². The molecule has 1 N–H and O–H groups in total. The van der Waals surface area contributed by atoms with E-state index in [9.17, 15) is 4.79 Å². The van der Waals surface area contributed by atoms with E-state index in [1.165, 1.54) is 0 Å². The number of benzene rings is 1. The van der Waals surface area contributed by atoms with Crippen LogP contribution in [0.2, 0.25) is 0 Å². The van der Waals surface area contributed by atoms with Crippen LogP contribution in [-0.2, 0) is 4.79 Å². The second kappa shape index (κ2) is 4.74. The molecular weight excluding hydrogens is 302 g/mol. The smallest absolute Gasteiger partial charge is 0.306 e. The van der Waals surface area contributed by atoms with Gasteiger partial charge in [0, 0.05) is 10.4 Å². The molecule has 1 aromatic carbocycles. The molecule has 0 spiro atoms. The van der Waals surface area contributed by atoms with Crippen LogP contribution in [0.5, 0.6) is 0 Å². The summed E-state index contributed by atoms with van der Waals surface area (Å²) in [5.41, 5.74) is 0.920. The molecule has 1 heterocycles. The van der Waals surface area contributed by atoms with E-state index >= 15 is 0 Å². The molecule has 2 aromatic rings. The van der Waals surface area contributed by atoms with Gasteiger partial charge in [0.15, 0.2) is 0 Å². The summed E-state index contributed by atoms with van der Waals surface area (Å²) < 4.78 is 2.08. The molecule has 0 aliphatic carbocycles. The lowest BCUT2D eigenvalue weighted by Gasteiger charge is -2.12. The second-order valence-corrected chi connectivity index (χ2v) is 6.06. The van der Waals surface area contributed by atoms with E-state index < -0.39 is 11.9 Å². The van der Waals surface area contributed by atoms with Gasteiger partial charge in [0.05, 0.1) is 21.1 Å². The molecule has 0 amide bonds. The highest BCUT2D eigenvalue weighted by atomic mass is 79.9. The first-order valence-corrected chi connectivity index (χ1v) is 6.89. The minimum atomic E-state index is -0.780. The summed E-state index contributed by atoms with van der Waals surface area (Å²) in [5.74, 6) is -1.26. The summed E-state index contributed by atoms with van der Waals surface area (Å²) in [6.07, 6.45) is 0. The maximum Gasteiger partial charge on any atom is 0.306 e. The zero-order valence-electron chi connectivity index (χ0n) is 9.48. The Morgan fingerprint density at radius 1 is 1.47 bits per heavy atom. The standard InChI is InChI=1S/C12H12BrNO2S/c1-6(7(2)12(15)16)11-14-9-5-8(13)3-4-10(9)17-11/h3-7H,1-2H3,(H,15,16). The molecule has 0 bridgehead atoms. The van der Waals surface area contributed by atoms with E-state index in [1.807, 2.05) is 25.1 Å². The molecule has 2 atom stereocenters. The largest absolute Gasteiger partial charge is 0.481 e. The third kappa shape index (κ3) is 2.50. The van der Waals surface area contributed by atoms with Gasteiger partial charge in [-0.25, -0.2) is 4.98 Å². The zero-order valence-corrected chi connectivity index (χ0v) is 11.9. The van der Waals surface area contributed by atoms with Crippen LogP contribution in [0.3, 0.4) is 0 Å². The van der Waals surface area contributed by atoms with Gasteiger partial charge < -0.3 is 5.11 Å².